The van der Waals surface area contributed by atoms with E-state index in [-0.39, 0.29) is 5.41 Å². The van der Waals surface area contributed by atoms with Crippen molar-refractivity contribution in [1.82, 2.24) is 14.8 Å². The quantitative estimate of drug-likeness (QED) is 0.911. The maximum absolute atomic E-state index is 6.28. The van der Waals surface area contributed by atoms with E-state index >= 15 is 0 Å². The summed E-state index contributed by atoms with van der Waals surface area (Å²) in [6, 6.07) is 4.03. The van der Waals surface area contributed by atoms with Crippen LogP contribution in [0.2, 0.25) is 0 Å². The molecule has 1 fully saturated rings. The summed E-state index contributed by atoms with van der Waals surface area (Å²) in [7, 11) is 1.93. The SMILES string of the molecule is Cn1nc(C2(C)CCCCC2)c(-c2ccncc2)c1N. The summed E-state index contributed by atoms with van der Waals surface area (Å²) in [5.74, 6) is 0.748. The van der Waals surface area contributed by atoms with Gasteiger partial charge in [-0.2, -0.15) is 5.10 Å². The summed E-state index contributed by atoms with van der Waals surface area (Å²) in [5.41, 5.74) is 9.80. The molecule has 0 unspecified atom stereocenters. The van der Waals surface area contributed by atoms with Crippen LogP contribution in [0.5, 0.6) is 0 Å². The Kier molecular flexibility index (Phi) is 3.24. The van der Waals surface area contributed by atoms with E-state index in [1.165, 1.54) is 32.1 Å². The van der Waals surface area contributed by atoms with Gasteiger partial charge in [0.2, 0.25) is 0 Å². The lowest BCUT2D eigenvalue weighted by Gasteiger charge is -2.32. The minimum atomic E-state index is 0.145. The molecule has 4 nitrogen and oxygen atoms in total. The molecule has 0 saturated heterocycles. The summed E-state index contributed by atoms with van der Waals surface area (Å²) < 4.78 is 1.81. The third-order valence-corrected chi connectivity index (χ3v) is 4.59. The van der Waals surface area contributed by atoms with Crippen LogP contribution in [-0.2, 0) is 12.5 Å². The zero-order chi connectivity index (χ0) is 14.2. The van der Waals surface area contributed by atoms with Crippen molar-refractivity contribution in [3.05, 3.63) is 30.2 Å². The zero-order valence-electron chi connectivity index (χ0n) is 12.3. The van der Waals surface area contributed by atoms with Crippen LogP contribution in [0.25, 0.3) is 11.1 Å². The minimum absolute atomic E-state index is 0.145. The molecule has 4 heteroatoms. The van der Waals surface area contributed by atoms with E-state index in [0.29, 0.717) is 0 Å². The molecule has 0 spiro atoms. The predicted molar refractivity (Wildman–Crippen MR) is 81.3 cm³/mol. The second kappa shape index (κ2) is 4.93. The Balaban J connectivity index is 2.14. The molecule has 0 amide bonds. The molecule has 0 atom stereocenters. The standard InChI is InChI=1S/C16H22N4/c1-16(8-4-3-5-9-16)14-13(15(17)20(2)19-14)12-6-10-18-11-7-12/h6-7,10-11H,3-5,8-9,17H2,1-2H3. The molecule has 2 N–H and O–H groups in total. The highest BCUT2D eigenvalue weighted by Crippen LogP contribution is 2.44. The Morgan fingerprint density at radius 3 is 2.45 bits per heavy atom. The molecule has 0 aromatic carbocycles. The van der Waals surface area contributed by atoms with Gasteiger partial charge in [0.05, 0.1) is 5.69 Å². The van der Waals surface area contributed by atoms with Crippen molar-refractivity contribution in [3.8, 4) is 11.1 Å². The van der Waals surface area contributed by atoms with Gasteiger partial charge < -0.3 is 5.73 Å². The van der Waals surface area contributed by atoms with Crippen LogP contribution in [0, 0.1) is 0 Å². The number of nitrogen functional groups attached to an aromatic ring is 1. The van der Waals surface area contributed by atoms with E-state index in [2.05, 4.69) is 11.9 Å². The maximum Gasteiger partial charge on any atom is 0.129 e. The summed E-state index contributed by atoms with van der Waals surface area (Å²) in [6.07, 6.45) is 9.92. The van der Waals surface area contributed by atoms with Gasteiger partial charge in [0.15, 0.2) is 0 Å². The first-order chi connectivity index (χ1) is 9.62. The highest BCUT2D eigenvalue weighted by molar-refractivity contribution is 5.77. The largest absolute Gasteiger partial charge is 0.383 e. The van der Waals surface area contributed by atoms with Crippen molar-refractivity contribution < 1.29 is 0 Å². The second-order valence-corrected chi connectivity index (χ2v) is 6.09. The fourth-order valence-electron chi connectivity index (χ4n) is 3.33. The number of aryl methyl sites for hydroxylation is 1. The van der Waals surface area contributed by atoms with Crippen LogP contribution in [-0.4, -0.2) is 14.8 Å². The molecule has 2 aromatic heterocycles. The number of hydrogen-bond donors (Lipinski definition) is 1. The van der Waals surface area contributed by atoms with Crippen LogP contribution >= 0.6 is 0 Å². The molecule has 106 valence electrons. The highest BCUT2D eigenvalue weighted by atomic mass is 15.3. The molecule has 20 heavy (non-hydrogen) atoms. The van der Waals surface area contributed by atoms with E-state index < -0.39 is 0 Å². The van der Waals surface area contributed by atoms with E-state index in [1.54, 1.807) is 0 Å². The lowest BCUT2D eigenvalue weighted by Crippen LogP contribution is -2.26. The summed E-state index contributed by atoms with van der Waals surface area (Å²) >= 11 is 0. The average molecular weight is 270 g/mol. The van der Waals surface area contributed by atoms with Gasteiger partial charge in [-0.25, -0.2) is 0 Å². The molecule has 0 radical (unpaired) electrons. The van der Waals surface area contributed by atoms with Crippen molar-refractivity contribution in [2.45, 2.75) is 44.4 Å². The zero-order valence-corrected chi connectivity index (χ0v) is 12.3. The van der Waals surface area contributed by atoms with Crippen LogP contribution in [0.1, 0.15) is 44.7 Å². The number of pyridine rings is 1. The van der Waals surface area contributed by atoms with Crippen molar-refractivity contribution >= 4 is 5.82 Å². The van der Waals surface area contributed by atoms with Gasteiger partial charge in [0.1, 0.15) is 5.82 Å². The predicted octanol–water partition coefficient (Wildman–Crippen LogP) is 3.29. The molecule has 1 saturated carbocycles. The Morgan fingerprint density at radius 2 is 1.80 bits per heavy atom. The number of anilines is 1. The van der Waals surface area contributed by atoms with Crippen LogP contribution < -0.4 is 5.73 Å². The van der Waals surface area contributed by atoms with E-state index in [1.807, 2.05) is 36.3 Å². The normalized spacial score (nSPS) is 18.1. The van der Waals surface area contributed by atoms with Gasteiger partial charge in [-0.15, -0.1) is 0 Å². The van der Waals surface area contributed by atoms with E-state index in [9.17, 15) is 0 Å². The number of hydrogen-bond acceptors (Lipinski definition) is 3. The van der Waals surface area contributed by atoms with Crippen molar-refractivity contribution in [2.75, 3.05) is 5.73 Å². The Hall–Kier alpha value is -1.84. The molecule has 1 aliphatic rings. The van der Waals surface area contributed by atoms with Crippen molar-refractivity contribution in [3.63, 3.8) is 0 Å². The maximum atomic E-state index is 6.28. The summed E-state index contributed by atoms with van der Waals surface area (Å²) in [4.78, 5) is 4.10. The fraction of sp³-hybridized carbons (Fsp3) is 0.500. The topological polar surface area (TPSA) is 56.7 Å². The van der Waals surface area contributed by atoms with Gasteiger partial charge in [0.25, 0.3) is 0 Å². The van der Waals surface area contributed by atoms with Crippen molar-refractivity contribution in [1.29, 1.82) is 0 Å². The number of aromatic nitrogens is 3. The molecule has 3 rings (SSSR count). The highest BCUT2D eigenvalue weighted by Gasteiger charge is 2.35. The number of rotatable bonds is 2. The molecule has 2 heterocycles. The van der Waals surface area contributed by atoms with Gasteiger partial charge in [-0.05, 0) is 30.5 Å². The molecule has 1 aliphatic carbocycles. The monoisotopic (exact) mass is 270 g/mol. The van der Waals surface area contributed by atoms with Gasteiger partial charge in [-0.1, -0.05) is 26.2 Å². The lowest BCUT2D eigenvalue weighted by molar-refractivity contribution is 0.311. The molecule has 0 aliphatic heterocycles. The van der Waals surface area contributed by atoms with E-state index in [4.69, 9.17) is 10.8 Å². The second-order valence-electron chi connectivity index (χ2n) is 6.09. The number of nitrogens with zero attached hydrogens (tertiary/aromatic N) is 3. The molecule has 2 aromatic rings. The molecular weight excluding hydrogens is 248 g/mol. The summed E-state index contributed by atoms with van der Waals surface area (Å²) in [5, 5.41) is 4.75. The first-order valence-corrected chi connectivity index (χ1v) is 7.35. The summed E-state index contributed by atoms with van der Waals surface area (Å²) in [6.45, 7) is 2.33. The van der Waals surface area contributed by atoms with Gasteiger partial charge in [0, 0.05) is 30.4 Å². The fourth-order valence-corrected chi connectivity index (χ4v) is 3.33. The Morgan fingerprint density at radius 1 is 1.15 bits per heavy atom. The number of nitrogens with two attached hydrogens (primary N) is 1. The first kappa shape index (κ1) is 13.2. The van der Waals surface area contributed by atoms with Crippen molar-refractivity contribution in [2.24, 2.45) is 7.05 Å². The minimum Gasteiger partial charge on any atom is -0.383 e. The lowest BCUT2D eigenvalue weighted by atomic mass is 9.72. The first-order valence-electron chi connectivity index (χ1n) is 7.35. The van der Waals surface area contributed by atoms with Gasteiger partial charge in [-0.3, -0.25) is 9.67 Å². The van der Waals surface area contributed by atoms with Crippen LogP contribution in [0.3, 0.4) is 0 Å². The van der Waals surface area contributed by atoms with Crippen LogP contribution in [0.4, 0.5) is 5.82 Å². The Labute approximate surface area is 120 Å². The average Bonchev–Trinajstić information content (AvgIpc) is 2.77. The third-order valence-electron chi connectivity index (χ3n) is 4.59. The smallest absolute Gasteiger partial charge is 0.129 e. The Bertz CT molecular complexity index is 594. The van der Waals surface area contributed by atoms with E-state index in [0.717, 1.165) is 22.6 Å². The van der Waals surface area contributed by atoms with Crippen LogP contribution in [0.15, 0.2) is 24.5 Å². The molecular formula is C16H22N4. The third kappa shape index (κ3) is 2.09. The van der Waals surface area contributed by atoms with Gasteiger partial charge >= 0.3 is 0 Å². The molecule has 0 bridgehead atoms.